The van der Waals surface area contributed by atoms with Gasteiger partial charge in [-0.15, -0.1) is 0 Å². The second kappa shape index (κ2) is 7.15. The molecule has 0 aliphatic rings. The van der Waals surface area contributed by atoms with Gasteiger partial charge in [-0.2, -0.15) is 0 Å². The van der Waals surface area contributed by atoms with Gasteiger partial charge in [0.2, 0.25) is 0 Å². The summed E-state index contributed by atoms with van der Waals surface area (Å²) < 4.78 is 23.2. The number of nitrogens with zero attached hydrogens (tertiary/aromatic N) is 1. The number of carbonyl (C=O) groups is 1. The monoisotopic (exact) mass is 351 g/mol. The van der Waals surface area contributed by atoms with E-state index in [1.54, 1.807) is 6.92 Å². The van der Waals surface area contributed by atoms with Crippen LogP contribution in [-0.4, -0.2) is 35.3 Å². The molecule has 0 saturated heterocycles. The van der Waals surface area contributed by atoms with Gasteiger partial charge in [0.1, 0.15) is 12.4 Å². The molecule has 0 aliphatic carbocycles. The van der Waals surface area contributed by atoms with Crippen LogP contribution in [0.3, 0.4) is 0 Å². The largest absolute Gasteiger partial charge is 0.483 e. The Bertz CT molecular complexity index is 524. The smallest absolute Gasteiger partial charge is 0.336 e. The van der Waals surface area contributed by atoms with Crippen LogP contribution in [0.15, 0.2) is 16.6 Å². The summed E-state index contributed by atoms with van der Waals surface area (Å²) in [4.78, 5) is 20.9. The molecule has 0 spiro atoms. The van der Waals surface area contributed by atoms with Crippen LogP contribution < -0.4 is 4.74 Å². The minimum atomic E-state index is -1.29. The fourth-order valence-electron chi connectivity index (χ4n) is 1.33. The number of rotatable bonds is 7. The molecule has 1 rings (SSSR count). The minimum Gasteiger partial charge on any atom is -0.483 e. The molecule has 0 bridgehead atoms. The van der Waals surface area contributed by atoms with Gasteiger partial charge in [0, 0.05) is 18.7 Å². The molecule has 9 heteroatoms. The molecule has 7 nitrogen and oxygen atoms in total. The standard InChI is InChI=1S/C11H11BrFNO6/c1-2-19-10(11(15)16)5-20-9-4-7(13)6(12)3-8(9)14(17)18/h3-4,10H,2,5H2,1H3,(H,15,16). The number of ether oxygens (including phenoxy) is 2. The summed E-state index contributed by atoms with van der Waals surface area (Å²) in [6.07, 6.45) is -1.29. The van der Waals surface area contributed by atoms with E-state index in [1.807, 2.05) is 0 Å². The summed E-state index contributed by atoms with van der Waals surface area (Å²) >= 11 is 2.82. The summed E-state index contributed by atoms with van der Waals surface area (Å²) in [5, 5.41) is 19.7. The van der Waals surface area contributed by atoms with Crippen LogP contribution in [0.25, 0.3) is 0 Å². The van der Waals surface area contributed by atoms with Gasteiger partial charge in [0.05, 0.1) is 9.40 Å². The lowest BCUT2D eigenvalue weighted by atomic mass is 10.3. The van der Waals surface area contributed by atoms with Crippen LogP contribution in [0.2, 0.25) is 0 Å². The number of nitro benzene ring substituents is 1. The molecule has 1 aromatic carbocycles. The first kappa shape index (κ1) is 16.3. The third-order valence-electron chi connectivity index (χ3n) is 2.23. The van der Waals surface area contributed by atoms with Crippen molar-refractivity contribution in [3.8, 4) is 5.75 Å². The molecule has 0 radical (unpaired) electrons. The average molecular weight is 352 g/mol. The van der Waals surface area contributed by atoms with Gasteiger partial charge in [-0.1, -0.05) is 0 Å². The number of benzene rings is 1. The van der Waals surface area contributed by atoms with Crippen molar-refractivity contribution >= 4 is 27.6 Å². The first-order chi connectivity index (χ1) is 9.36. The molecule has 1 aromatic rings. The second-order valence-corrected chi connectivity index (χ2v) is 4.44. The van der Waals surface area contributed by atoms with E-state index >= 15 is 0 Å². The number of halogens is 2. The highest BCUT2D eigenvalue weighted by Crippen LogP contribution is 2.32. The number of carboxylic acids is 1. The van der Waals surface area contributed by atoms with Crippen LogP contribution in [0, 0.1) is 15.9 Å². The zero-order valence-electron chi connectivity index (χ0n) is 10.3. The third-order valence-corrected chi connectivity index (χ3v) is 2.84. The van der Waals surface area contributed by atoms with E-state index in [0.29, 0.717) is 0 Å². The molecule has 0 aliphatic heterocycles. The molecule has 20 heavy (non-hydrogen) atoms. The summed E-state index contributed by atoms with van der Waals surface area (Å²) in [6, 6.07) is 1.76. The highest BCUT2D eigenvalue weighted by Gasteiger charge is 2.23. The van der Waals surface area contributed by atoms with Gasteiger partial charge in [-0.3, -0.25) is 10.1 Å². The van der Waals surface area contributed by atoms with Crippen LogP contribution in [0.4, 0.5) is 10.1 Å². The fourth-order valence-corrected chi connectivity index (χ4v) is 1.67. The van der Waals surface area contributed by atoms with Crippen LogP contribution in [-0.2, 0) is 9.53 Å². The van der Waals surface area contributed by atoms with Crippen molar-refractivity contribution in [3.63, 3.8) is 0 Å². The molecule has 0 amide bonds. The molecule has 1 N–H and O–H groups in total. The predicted octanol–water partition coefficient (Wildman–Crippen LogP) is 2.36. The Kier molecular flexibility index (Phi) is 5.83. The summed E-state index contributed by atoms with van der Waals surface area (Å²) in [5.74, 6) is -2.39. The average Bonchev–Trinajstić information content (AvgIpc) is 2.37. The maximum atomic E-state index is 13.4. The molecule has 1 unspecified atom stereocenters. The Hall–Kier alpha value is -1.74. The van der Waals surface area contributed by atoms with E-state index < -0.39 is 35.1 Å². The van der Waals surface area contributed by atoms with Crippen LogP contribution >= 0.6 is 15.9 Å². The predicted molar refractivity (Wildman–Crippen MR) is 69.3 cm³/mol. The SMILES string of the molecule is CCOC(COc1cc(F)c(Br)cc1[N+](=O)[O-])C(=O)O. The molecule has 0 heterocycles. The van der Waals surface area contributed by atoms with Gasteiger partial charge in [-0.25, -0.2) is 9.18 Å². The lowest BCUT2D eigenvalue weighted by molar-refractivity contribution is -0.386. The van der Waals surface area contributed by atoms with E-state index in [0.717, 1.165) is 12.1 Å². The number of nitro groups is 1. The van der Waals surface area contributed by atoms with Gasteiger partial charge in [0.15, 0.2) is 11.9 Å². The molecule has 110 valence electrons. The Morgan fingerprint density at radius 3 is 2.75 bits per heavy atom. The van der Waals surface area contributed by atoms with E-state index in [-0.39, 0.29) is 16.8 Å². The Morgan fingerprint density at radius 2 is 2.25 bits per heavy atom. The first-order valence-corrected chi connectivity index (χ1v) is 6.26. The van der Waals surface area contributed by atoms with E-state index in [2.05, 4.69) is 15.9 Å². The molecule has 0 saturated carbocycles. The minimum absolute atomic E-state index is 0.0869. The quantitative estimate of drug-likeness (QED) is 0.598. The van der Waals surface area contributed by atoms with Crippen molar-refractivity contribution in [2.75, 3.05) is 13.2 Å². The van der Waals surface area contributed by atoms with Gasteiger partial charge in [0.25, 0.3) is 0 Å². The van der Waals surface area contributed by atoms with E-state index in [9.17, 15) is 19.3 Å². The Balaban J connectivity index is 2.93. The van der Waals surface area contributed by atoms with Gasteiger partial charge in [-0.05, 0) is 22.9 Å². The fraction of sp³-hybridized carbons (Fsp3) is 0.364. The van der Waals surface area contributed by atoms with Crippen molar-refractivity contribution in [2.24, 2.45) is 0 Å². The van der Waals surface area contributed by atoms with Crippen LogP contribution in [0.1, 0.15) is 6.92 Å². The number of aliphatic carboxylic acids is 1. The summed E-state index contributed by atoms with van der Waals surface area (Å²) in [6.45, 7) is 1.26. The number of hydrogen-bond acceptors (Lipinski definition) is 5. The first-order valence-electron chi connectivity index (χ1n) is 5.47. The highest BCUT2D eigenvalue weighted by molar-refractivity contribution is 9.10. The van der Waals surface area contributed by atoms with Crippen molar-refractivity contribution in [1.29, 1.82) is 0 Å². The summed E-state index contributed by atoms with van der Waals surface area (Å²) in [5.41, 5.74) is -0.473. The van der Waals surface area contributed by atoms with Crippen molar-refractivity contribution in [2.45, 2.75) is 13.0 Å². The lowest BCUT2D eigenvalue weighted by Gasteiger charge is -2.13. The van der Waals surface area contributed by atoms with Crippen molar-refractivity contribution in [3.05, 3.63) is 32.5 Å². The van der Waals surface area contributed by atoms with Crippen molar-refractivity contribution in [1.82, 2.24) is 0 Å². The number of carboxylic acid groups (broad SMARTS) is 1. The highest BCUT2D eigenvalue weighted by atomic mass is 79.9. The Labute approximate surface area is 121 Å². The second-order valence-electron chi connectivity index (χ2n) is 3.58. The normalized spacial score (nSPS) is 11.9. The molecule has 0 fully saturated rings. The molecule has 1 atom stereocenters. The molecular formula is C11H11BrFNO6. The van der Waals surface area contributed by atoms with Gasteiger partial charge < -0.3 is 14.6 Å². The third kappa shape index (κ3) is 4.14. The molecule has 0 aromatic heterocycles. The van der Waals surface area contributed by atoms with E-state index in [4.69, 9.17) is 14.6 Å². The number of hydrogen-bond donors (Lipinski definition) is 1. The van der Waals surface area contributed by atoms with Gasteiger partial charge >= 0.3 is 11.7 Å². The Morgan fingerprint density at radius 1 is 1.60 bits per heavy atom. The van der Waals surface area contributed by atoms with E-state index in [1.165, 1.54) is 0 Å². The maximum absolute atomic E-state index is 13.4. The summed E-state index contributed by atoms with van der Waals surface area (Å²) in [7, 11) is 0. The van der Waals surface area contributed by atoms with Crippen molar-refractivity contribution < 1.29 is 28.7 Å². The lowest BCUT2D eigenvalue weighted by Crippen LogP contribution is -2.30. The zero-order valence-corrected chi connectivity index (χ0v) is 11.9. The topological polar surface area (TPSA) is 98.9 Å². The zero-order chi connectivity index (χ0) is 15.3. The maximum Gasteiger partial charge on any atom is 0.336 e. The van der Waals surface area contributed by atoms with Crippen LogP contribution in [0.5, 0.6) is 5.75 Å². The molecular weight excluding hydrogens is 341 g/mol.